The van der Waals surface area contributed by atoms with Crippen molar-refractivity contribution in [3.63, 3.8) is 0 Å². The SMILES string of the molecule is CCOC(=O)C(=O)CC(=O)c1cc2c(cc1C)C(C)(C)CCC2(C)C. The lowest BCUT2D eigenvalue weighted by atomic mass is 9.62. The second-order valence-electron chi connectivity index (χ2n) is 8.22. The van der Waals surface area contributed by atoms with Crippen LogP contribution in [0.1, 0.15) is 80.9 Å². The van der Waals surface area contributed by atoms with Gasteiger partial charge in [-0.15, -0.1) is 0 Å². The minimum atomic E-state index is -0.937. The Labute approximate surface area is 149 Å². The second kappa shape index (κ2) is 6.74. The van der Waals surface area contributed by atoms with Gasteiger partial charge in [0.2, 0.25) is 5.78 Å². The summed E-state index contributed by atoms with van der Waals surface area (Å²) >= 11 is 0. The third-order valence-corrected chi connectivity index (χ3v) is 5.32. The van der Waals surface area contributed by atoms with Gasteiger partial charge in [0.1, 0.15) is 0 Å². The Morgan fingerprint density at radius 1 is 1.00 bits per heavy atom. The topological polar surface area (TPSA) is 60.4 Å². The molecule has 1 aromatic rings. The molecule has 0 unspecified atom stereocenters. The number of ether oxygens (including phenoxy) is 1. The number of carbonyl (C=O) groups is 3. The molecule has 1 aliphatic carbocycles. The van der Waals surface area contributed by atoms with Gasteiger partial charge in [-0.05, 0) is 60.3 Å². The van der Waals surface area contributed by atoms with E-state index in [-0.39, 0.29) is 23.2 Å². The maximum absolute atomic E-state index is 12.6. The quantitative estimate of drug-likeness (QED) is 0.350. The standard InChI is InChI=1S/C21H28O4/c1-7-25-19(24)18(23)12-17(22)14-11-16-15(10-13(14)2)20(3,4)8-9-21(16,5)6/h10-11H,7-9,12H2,1-6H3. The summed E-state index contributed by atoms with van der Waals surface area (Å²) in [5.41, 5.74) is 3.88. The highest BCUT2D eigenvalue weighted by molar-refractivity contribution is 6.38. The summed E-state index contributed by atoms with van der Waals surface area (Å²) in [5, 5.41) is 0. The van der Waals surface area contributed by atoms with Crippen LogP contribution in [0.4, 0.5) is 0 Å². The zero-order valence-electron chi connectivity index (χ0n) is 16.1. The predicted molar refractivity (Wildman–Crippen MR) is 97.1 cm³/mol. The molecule has 0 saturated carbocycles. The maximum Gasteiger partial charge on any atom is 0.375 e. The van der Waals surface area contributed by atoms with E-state index in [0.29, 0.717) is 5.56 Å². The number of hydrogen-bond acceptors (Lipinski definition) is 4. The molecule has 4 heteroatoms. The summed E-state index contributed by atoms with van der Waals surface area (Å²) in [4.78, 5) is 36.0. The minimum Gasteiger partial charge on any atom is -0.460 e. The highest BCUT2D eigenvalue weighted by atomic mass is 16.5. The van der Waals surface area contributed by atoms with Crippen LogP contribution in [0.5, 0.6) is 0 Å². The average Bonchev–Trinajstić information content (AvgIpc) is 2.51. The smallest absolute Gasteiger partial charge is 0.375 e. The van der Waals surface area contributed by atoms with Gasteiger partial charge in [0, 0.05) is 5.56 Å². The van der Waals surface area contributed by atoms with E-state index < -0.39 is 18.2 Å². The van der Waals surface area contributed by atoms with Crippen LogP contribution in [0.3, 0.4) is 0 Å². The lowest BCUT2D eigenvalue weighted by Crippen LogP contribution is -2.34. The molecule has 0 atom stereocenters. The zero-order chi connectivity index (χ0) is 19.0. The number of aryl methyl sites for hydroxylation is 1. The number of rotatable bonds is 5. The summed E-state index contributed by atoms with van der Waals surface area (Å²) in [6, 6.07) is 4.02. The van der Waals surface area contributed by atoms with Gasteiger partial charge in [0.05, 0.1) is 13.0 Å². The Morgan fingerprint density at radius 2 is 1.52 bits per heavy atom. The molecule has 0 aromatic heterocycles. The molecule has 0 radical (unpaired) electrons. The highest BCUT2D eigenvalue weighted by Gasteiger charge is 2.38. The van der Waals surface area contributed by atoms with Gasteiger partial charge >= 0.3 is 5.97 Å². The van der Waals surface area contributed by atoms with E-state index in [1.807, 2.05) is 13.0 Å². The Bertz CT molecular complexity index is 726. The van der Waals surface area contributed by atoms with E-state index in [1.165, 1.54) is 11.1 Å². The normalized spacial score (nSPS) is 17.5. The Balaban J connectivity index is 2.39. The molecule has 4 nitrogen and oxygen atoms in total. The van der Waals surface area contributed by atoms with E-state index >= 15 is 0 Å². The number of carbonyl (C=O) groups excluding carboxylic acids is 3. The molecule has 0 aliphatic heterocycles. The molecule has 0 spiro atoms. The van der Waals surface area contributed by atoms with E-state index in [1.54, 1.807) is 6.92 Å². The van der Waals surface area contributed by atoms with E-state index in [4.69, 9.17) is 0 Å². The van der Waals surface area contributed by atoms with E-state index in [0.717, 1.165) is 18.4 Å². The zero-order valence-corrected chi connectivity index (χ0v) is 16.1. The van der Waals surface area contributed by atoms with Crippen molar-refractivity contribution in [3.8, 4) is 0 Å². The molecule has 0 heterocycles. The first-order valence-electron chi connectivity index (χ1n) is 8.88. The largest absolute Gasteiger partial charge is 0.460 e. The number of fused-ring (bicyclic) bond motifs is 1. The summed E-state index contributed by atoms with van der Waals surface area (Å²) < 4.78 is 4.68. The third-order valence-electron chi connectivity index (χ3n) is 5.32. The van der Waals surface area contributed by atoms with Crippen LogP contribution in [0.25, 0.3) is 0 Å². The molecule has 1 aliphatic rings. The Hall–Kier alpha value is -1.97. The molecule has 0 amide bonds. The molecular weight excluding hydrogens is 316 g/mol. The van der Waals surface area contributed by atoms with Crippen molar-refractivity contribution in [2.75, 3.05) is 6.61 Å². The van der Waals surface area contributed by atoms with Crippen LogP contribution in [0.15, 0.2) is 12.1 Å². The number of ketones is 2. The molecule has 0 fully saturated rings. The number of benzene rings is 1. The van der Waals surface area contributed by atoms with Crippen molar-refractivity contribution in [1.82, 2.24) is 0 Å². The summed E-state index contributed by atoms with van der Waals surface area (Å²) in [5.74, 6) is -2.05. The number of hydrogen-bond donors (Lipinski definition) is 0. The molecule has 0 N–H and O–H groups in total. The summed E-state index contributed by atoms with van der Waals surface area (Å²) in [7, 11) is 0. The van der Waals surface area contributed by atoms with Gasteiger partial charge < -0.3 is 4.74 Å². The van der Waals surface area contributed by atoms with Crippen molar-refractivity contribution in [2.45, 2.75) is 71.6 Å². The fourth-order valence-electron chi connectivity index (χ4n) is 3.55. The van der Waals surface area contributed by atoms with Gasteiger partial charge in [-0.2, -0.15) is 0 Å². The first-order chi connectivity index (χ1) is 11.5. The van der Waals surface area contributed by atoms with E-state index in [9.17, 15) is 14.4 Å². The fraction of sp³-hybridized carbons (Fsp3) is 0.571. The Morgan fingerprint density at radius 3 is 2.04 bits per heavy atom. The highest BCUT2D eigenvalue weighted by Crippen LogP contribution is 2.46. The first kappa shape index (κ1) is 19.4. The second-order valence-corrected chi connectivity index (χ2v) is 8.22. The molecular formula is C21H28O4. The predicted octanol–water partition coefficient (Wildman–Crippen LogP) is 4.05. The monoisotopic (exact) mass is 344 g/mol. The first-order valence-corrected chi connectivity index (χ1v) is 8.88. The molecule has 0 saturated heterocycles. The summed E-state index contributed by atoms with van der Waals surface area (Å²) in [6.07, 6.45) is 1.70. The summed E-state index contributed by atoms with van der Waals surface area (Å²) in [6.45, 7) is 12.5. The van der Waals surface area contributed by atoms with Crippen LogP contribution in [0, 0.1) is 6.92 Å². The minimum absolute atomic E-state index is 0.0151. The number of esters is 1. The van der Waals surface area contributed by atoms with Gasteiger partial charge in [-0.1, -0.05) is 33.8 Å². The molecule has 25 heavy (non-hydrogen) atoms. The molecule has 2 rings (SSSR count). The molecule has 0 bridgehead atoms. The average molecular weight is 344 g/mol. The third kappa shape index (κ3) is 3.83. The lowest BCUT2D eigenvalue weighted by molar-refractivity contribution is -0.153. The number of Topliss-reactive ketones (excluding diaryl/α,β-unsaturated/α-hetero) is 2. The molecule has 1 aromatic carbocycles. The van der Waals surface area contributed by atoms with Crippen molar-refractivity contribution < 1.29 is 19.1 Å². The van der Waals surface area contributed by atoms with Gasteiger partial charge in [-0.25, -0.2) is 4.79 Å². The van der Waals surface area contributed by atoms with Crippen molar-refractivity contribution >= 4 is 17.5 Å². The van der Waals surface area contributed by atoms with Crippen LogP contribution >= 0.6 is 0 Å². The Kier molecular flexibility index (Phi) is 5.22. The van der Waals surface area contributed by atoms with Crippen LogP contribution in [-0.4, -0.2) is 24.1 Å². The van der Waals surface area contributed by atoms with Crippen LogP contribution in [-0.2, 0) is 25.2 Å². The molecule has 136 valence electrons. The van der Waals surface area contributed by atoms with Crippen LogP contribution < -0.4 is 0 Å². The lowest BCUT2D eigenvalue weighted by Gasteiger charge is -2.42. The van der Waals surface area contributed by atoms with Gasteiger partial charge in [0.25, 0.3) is 0 Å². The van der Waals surface area contributed by atoms with Crippen molar-refractivity contribution in [2.24, 2.45) is 0 Å². The van der Waals surface area contributed by atoms with Crippen molar-refractivity contribution in [3.05, 3.63) is 34.4 Å². The van der Waals surface area contributed by atoms with Gasteiger partial charge in [0.15, 0.2) is 5.78 Å². The van der Waals surface area contributed by atoms with Crippen molar-refractivity contribution in [1.29, 1.82) is 0 Å². The fourth-order valence-corrected chi connectivity index (χ4v) is 3.55. The van der Waals surface area contributed by atoms with Crippen LogP contribution in [0.2, 0.25) is 0 Å². The maximum atomic E-state index is 12.6. The van der Waals surface area contributed by atoms with Gasteiger partial charge in [-0.3, -0.25) is 9.59 Å². The van der Waals surface area contributed by atoms with E-state index in [2.05, 4.69) is 38.5 Å².